The molecule has 0 saturated heterocycles. The van der Waals surface area contributed by atoms with Crippen molar-refractivity contribution in [3.8, 4) is 44.5 Å². The maximum atomic E-state index is 2.60. The van der Waals surface area contributed by atoms with Crippen LogP contribution in [0.25, 0.3) is 86.2 Å². The van der Waals surface area contributed by atoms with Crippen LogP contribution in [0, 0.1) is 23.7 Å². The van der Waals surface area contributed by atoms with Crippen LogP contribution in [0.3, 0.4) is 0 Å². The van der Waals surface area contributed by atoms with Crippen LogP contribution in [0.1, 0.15) is 50.7 Å². The van der Waals surface area contributed by atoms with Gasteiger partial charge in [-0.3, -0.25) is 0 Å². The lowest BCUT2D eigenvalue weighted by Crippen LogP contribution is -2.49. The van der Waals surface area contributed by atoms with Gasteiger partial charge < -0.3 is 0 Å². The van der Waals surface area contributed by atoms with Crippen LogP contribution in [0.4, 0.5) is 0 Å². The summed E-state index contributed by atoms with van der Waals surface area (Å²) < 4.78 is 2.69. The van der Waals surface area contributed by atoms with Crippen molar-refractivity contribution in [3.63, 3.8) is 0 Å². The van der Waals surface area contributed by atoms with E-state index in [4.69, 9.17) is 0 Å². The summed E-state index contributed by atoms with van der Waals surface area (Å²) in [6, 6.07) is 60.3. The summed E-state index contributed by atoms with van der Waals surface area (Å²) >= 11 is 1.89. The number of hydrogen-bond acceptors (Lipinski definition) is 1. The first kappa shape index (κ1) is 32.7. The standard InChI is InChI=1S/C55H44S/c1-33-27-35-29-34(2)55(40(28-33)30-35)49-17-9-7-11-41(49)42-25-23-38(31-50(42)55)36-19-21-37(22-20-36)53-45-13-3-5-15-47(45)54(48-16-6-4-14-46(48)53)39-24-26-44-43-12-8-10-18-51(43)56-52(44)32-39/h3-26,31-35,40H,27-30H2,1-2H3. The van der Waals surface area contributed by atoms with Gasteiger partial charge in [-0.05, 0) is 145 Å². The van der Waals surface area contributed by atoms with E-state index in [1.807, 2.05) is 11.3 Å². The van der Waals surface area contributed by atoms with E-state index in [-0.39, 0.29) is 5.41 Å². The van der Waals surface area contributed by atoms with Crippen molar-refractivity contribution in [2.24, 2.45) is 23.7 Å². The Morgan fingerprint density at radius 2 is 1.00 bits per heavy atom. The van der Waals surface area contributed by atoms with Gasteiger partial charge in [0.05, 0.1) is 0 Å². The van der Waals surface area contributed by atoms with Crippen molar-refractivity contribution in [1.82, 2.24) is 0 Å². The Morgan fingerprint density at radius 3 is 1.75 bits per heavy atom. The third-order valence-corrected chi connectivity index (χ3v) is 15.5. The minimum atomic E-state index is 0.105. The summed E-state index contributed by atoms with van der Waals surface area (Å²) in [7, 11) is 0. The van der Waals surface area contributed by atoms with Crippen LogP contribution in [0.5, 0.6) is 0 Å². The Labute approximate surface area is 333 Å². The lowest BCUT2D eigenvalue weighted by Gasteiger charge is -2.54. The molecule has 2 saturated carbocycles. The molecule has 9 aromatic rings. The van der Waals surface area contributed by atoms with Gasteiger partial charge in [-0.1, -0.05) is 153 Å². The maximum Gasteiger partial charge on any atom is 0.0361 e. The van der Waals surface area contributed by atoms with Crippen molar-refractivity contribution in [2.45, 2.75) is 44.9 Å². The molecule has 1 aromatic heterocycles. The van der Waals surface area contributed by atoms with E-state index in [1.54, 1.807) is 11.1 Å². The van der Waals surface area contributed by atoms with E-state index < -0.39 is 0 Å². The molecule has 3 aliphatic rings. The van der Waals surface area contributed by atoms with Gasteiger partial charge in [-0.2, -0.15) is 0 Å². The van der Waals surface area contributed by atoms with Gasteiger partial charge in [0.1, 0.15) is 0 Å². The third kappa shape index (κ3) is 4.58. The first-order valence-electron chi connectivity index (χ1n) is 20.8. The molecule has 5 unspecified atom stereocenters. The molecule has 56 heavy (non-hydrogen) atoms. The summed E-state index contributed by atoms with van der Waals surface area (Å²) in [6.07, 6.45) is 5.47. The van der Waals surface area contributed by atoms with E-state index in [2.05, 4.69) is 172 Å². The highest BCUT2D eigenvalue weighted by Crippen LogP contribution is 2.64. The summed E-state index contributed by atoms with van der Waals surface area (Å²) in [6.45, 7) is 5.08. The molecule has 8 aromatic carbocycles. The zero-order valence-corrected chi connectivity index (χ0v) is 32.9. The van der Waals surface area contributed by atoms with E-state index in [1.165, 1.54) is 112 Å². The van der Waals surface area contributed by atoms with Crippen LogP contribution in [-0.4, -0.2) is 0 Å². The molecule has 270 valence electrons. The molecule has 2 bridgehead atoms. The van der Waals surface area contributed by atoms with E-state index in [9.17, 15) is 0 Å². The molecular formula is C55H44S. The zero-order valence-electron chi connectivity index (χ0n) is 32.1. The van der Waals surface area contributed by atoms with Crippen LogP contribution >= 0.6 is 11.3 Å². The highest BCUT2D eigenvalue weighted by Gasteiger charge is 2.56. The Balaban J connectivity index is 0.987. The lowest BCUT2D eigenvalue weighted by atomic mass is 9.49. The largest absolute Gasteiger partial charge is 0.135 e. The number of rotatable bonds is 3. The highest BCUT2D eigenvalue weighted by atomic mass is 32.1. The smallest absolute Gasteiger partial charge is 0.0361 e. The Kier molecular flexibility index (Phi) is 7.16. The summed E-state index contributed by atoms with van der Waals surface area (Å²) in [4.78, 5) is 0. The van der Waals surface area contributed by atoms with Crippen LogP contribution in [-0.2, 0) is 5.41 Å². The fourth-order valence-electron chi connectivity index (χ4n) is 12.4. The molecule has 0 amide bonds. The zero-order chi connectivity index (χ0) is 37.1. The SMILES string of the molecule is CC1CC2CC(C)C3(c4ccccc4-c4ccc(-c5ccc(-c6c7ccccc7c(-c7ccc8c(c7)sc7ccccc78)c7ccccc67)cc5)cc43)C(C1)C2. The van der Waals surface area contributed by atoms with Gasteiger partial charge >= 0.3 is 0 Å². The molecule has 1 spiro atoms. The average molecular weight is 737 g/mol. The quantitative estimate of drug-likeness (QED) is 0.158. The molecule has 3 aliphatic carbocycles. The second kappa shape index (κ2) is 12.2. The molecule has 2 fully saturated rings. The van der Waals surface area contributed by atoms with Crippen molar-refractivity contribution in [2.75, 3.05) is 0 Å². The number of thiophene rings is 1. The van der Waals surface area contributed by atoms with Gasteiger partial charge in [-0.25, -0.2) is 0 Å². The third-order valence-electron chi connectivity index (χ3n) is 14.4. The van der Waals surface area contributed by atoms with Crippen LogP contribution in [0.15, 0.2) is 158 Å². The van der Waals surface area contributed by atoms with Crippen molar-refractivity contribution >= 4 is 53.1 Å². The van der Waals surface area contributed by atoms with Gasteiger partial charge in [0.25, 0.3) is 0 Å². The first-order chi connectivity index (χ1) is 27.6. The highest BCUT2D eigenvalue weighted by molar-refractivity contribution is 7.25. The Hall–Kier alpha value is -5.50. The number of benzene rings is 8. The summed E-state index contributed by atoms with van der Waals surface area (Å²) in [5.74, 6) is 3.02. The monoisotopic (exact) mass is 736 g/mol. The maximum absolute atomic E-state index is 2.60. The molecule has 5 atom stereocenters. The van der Waals surface area contributed by atoms with E-state index in [0.717, 1.165) is 11.8 Å². The van der Waals surface area contributed by atoms with Crippen molar-refractivity contribution in [1.29, 1.82) is 0 Å². The molecule has 0 N–H and O–H groups in total. The van der Waals surface area contributed by atoms with Crippen molar-refractivity contribution in [3.05, 3.63) is 169 Å². The second-order valence-electron chi connectivity index (χ2n) is 17.4. The molecule has 0 aliphatic heterocycles. The minimum Gasteiger partial charge on any atom is -0.135 e. The summed E-state index contributed by atoms with van der Waals surface area (Å²) in [5.41, 5.74) is 14.0. The number of hydrogen-bond donors (Lipinski definition) is 0. The second-order valence-corrected chi connectivity index (χ2v) is 18.5. The van der Waals surface area contributed by atoms with Gasteiger partial charge in [0.2, 0.25) is 0 Å². The normalized spacial score (nSPS) is 22.6. The fraction of sp³-hybridized carbons (Fsp3) is 0.200. The molecular weight excluding hydrogens is 693 g/mol. The molecule has 0 radical (unpaired) electrons. The summed E-state index contributed by atoms with van der Waals surface area (Å²) in [5, 5.41) is 7.89. The van der Waals surface area contributed by atoms with Crippen LogP contribution in [0.2, 0.25) is 0 Å². The Bertz CT molecular complexity index is 2970. The van der Waals surface area contributed by atoms with Gasteiger partial charge in [-0.15, -0.1) is 11.3 Å². The predicted molar refractivity (Wildman–Crippen MR) is 241 cm³/mol. The lowest BCUT2D eigenvalue weighted by molar-refractivity contribution is 0.0426. The van der Waals surface area contributed by atoms with Crippen LogP contribution < -0.4 is 0 Å². The predicted octanol–water partition coefficient (Wildman–Crippen LogP) is 15.7. The first-order valence-corrected chi connectivity index (χ1v) is 21.6. The number of fused-ring (bicyclic) bond motifs is 13. The molecule has 1 heterocycles. The molecule has 12 rings (SSSR count). The minimum absolute atomic E-state index is 0.105. The average Bonchev–Trinajstić information content (AvgIpc) is 3.75. The van der Waals surface area contributed by atoms with E-state index >= 15 is 0 Å². The Morgan fingerprint density at radius 1 is 0.429 bits per heavy atom. The van der Waals surface area contributed by atoms with Gasteiger partial charge in [0.15, 0.2) is 0 Å². The van der Waals surface area contributed by atoms with E-state index in [0.29, 0.717) is 11.8 Å². The molecule has 0 nitrogen and oxygen atoms in total. The topological polar surface area (TPSA) is 0 Å². The molecule has 1 heteroatoms. The van der Waals surface area contributed by atoms with Crippen molar-refractivity contribution < 1.29 is 0 Å². The van der Waals surface area contributed by atoms with Gasteiger partial charge in [0, 0.05) is 25.6 Å². The fourth-order valence-corrected chi connectivity index (χ4v) is 13.5.